The number of hydrogen-bond donors (Lipinski definition) is 1. The zero-order valence-electron chi connectivity index (χ0n) is 12.2. The third-order valence-corrected chi connectivity index (χ3v) is 4.35. The Labute approximate surface area is 124 Å². The predicted molar refractivity (Wildman–Crippen MR) is 78.4 cm³/mol. The zero-order valence-corrected chi connectivity index (χ0v) is 12.2. The van der Waals surface area contributed by atoms with Crippen molar-refractivity contribution in [3.63, 3.8) is 0 Å². The fraction of sp³-hybridized carbons (Fsp3) is 0.500. The number of carbonyl (C=O) groups is 2. The van der Waals surface area contributed by atoms with Gasteiger partial charge >= 0.3 is 0 Å². The molecule has 0 saturated carbocycles. The van der Waals surface area contributed by atoms with Crippen LogP contribution < -0.4 is 10.1 Å². The molecule has 0 spiro atoms. The molecule has 2 fully saturated rings. The monoisotopic (exact) mass is 288 g/mol. The van der Waals surface area contributed by atoms with Crippen molar-refractivity contribution in [2.45, 2.75) is 6.92 Å². The lowest BCUT2D eigenvalue weighted by Crippen LogP contribution is -2.35. The Balaban J connectivity index is 1.54. The number of Topliss-reactive ketones (excluding diaryl/α,β-unsaturated/α-hetero) is 1. The molecule has 1 N–H and O–H groups in total. The van der Waals surface area contributed by atoms with Crippen LogP contribution in [0.3, 0.4) is 0 Å². The van der Waals surface area contributed by atoms with Gasteiger partial charge in [0.1, 0.15) is 5.75 Å². The predicted octanol–water partition coefficient (Wildman–Crippen LogP) is 0.946. The summed E-state index contributed by atoms with van der Waals surface area (Å²) in [5, 5.41) is 3.36. The topological polar surface area (TPSA) is 58.6 Å². The molecule has 2 heterocycles. The van der Waals surface area contributed by atoms with Crippen LogP contribution in [0.1, 0.15) is 17.3 Å². The highest BCUT2D eigenvalue weighted by Gasteiger charge is 2.37. The van der Waals surface area contributed by atoms with Crippen molar-refractivity contribution < 1.29 is 14.3 Å². The Morgan fingerprint density at radius 1 is 1.29 bits per heavy atom. The van der Waals surface area contributed by atoms with E-state index in [1.165, 1.54) is 6.92 Å². The summed E-state index contributed by atoms with van der Waals surface area (Å²) in [5.74, 6) is 1.77. The molecular weight excluding hydrogens is 268 g/mol. The van der Waals surface area contributed by atoms with E-state index >= 15 is 0 Å². The van der Waals surface area contributed by atoms with Gasteiger partial charge in [0.2, 0.25) is 0 Å². The molecular formula is C16H20N2O3. The largest absolute Gasteiger partial charge is 0.484 e. The average Bonchev–Trinajstić information content (AvgIpc) is 3.06. The van der Waals surface area contributed by atoms with Crippen LogP contribution in [0, 0.1) is 11.8 Å². The molecule has 0 aromatic heterocycles. The Morgan fingerprint density at radius 3 is 2.67 bits per heavy atom. The van der Waals surface area contributed by atoms with Gasteiger partial charge in [0, 0.05) is 31.7 Å². The molecule has 0 radical (unpaired) electrons. The van der Waals surface area contributed by atoms with Crippen molar-refractivity contribution >= 4 is 11.7 Å². The fourth-order valence-corrected chi connectivity index (χ4v) is 3.10. The van der Waals surface area contributed by atoms with E-state index in [9.17, 15) is 9.59 Å². The van der Waals surface area contributed by atoms with Crippen LogP contribution in [0.15, 0.2) is 24.3 Å². The van der Waals surface area contributed by atoms with E-state index in [1.807, 2.05) is 4.90 Å². The number of nitrogens with one attached hydrogen (secondary N) is 1. The number of amides is 1. The summed E-state index contributed by atoms with van der Waals surface area (Å²) < 4.78 is 5.53. The minimum absolute atomic E-state index is 0.00774. The second kappa shape index (κ2) is 5.85. The summed E-state index contributed by atoms with van der Waals surface area (Å²) in [6.45, 7) is 5.22. The van der Waals surface area contributed by atoms with Crippen LogP contribution in [-0.4, -0.2) is 49.4 Å². The zero-order chi connectivity index (χ0) is 14.8. The van der Waals surface area contributed by atoms with Gasteiger partial charge in [-0.3, -0.25) is 9.59 Å². The number of benzene rings is 1. The summed E-state index contributed by atoms with van der Waals surface area (Å²) in [4.78, 5) is 25.4. The highest BCUT2D eigenvalue weighted by Crippen LogP contribution is 2.26. The number of rotatable bonds is 4. The van der Waals surface area contributed by atoms with E-state index in [-0.39, 0.29) is 18.3 Å². The van der Waals surface area contributed by atoms with Crippen molar-refractivity contribution in [3.05, 3.63) is 29.8 Å². The summed E-state index contributed by atoms with van der Waals surface area (Å²) >= 11 is 0. The van der Waals surface area contributed by atoms with E-state index in [1.54, 1.807) is 24.3 Å². The minimum Gasteiger partial charge on any atom is -0.484 e. The van der Waals surface area contributed by atoms with Crippen LogP contribution in [0.2, 0.25) is 0 Å². The first-order chi connectivity index (χ1) is 10.1. The lowest BCUT2D eigenvalue weighted by atomic mass is 10.0. The van der Waals surface area contributed by atoms with Crippen LogP contribution in [0.4, 0.5) is 0 Å². The molecule has 0 bridgehead atoms. The van der Waals surface area contributed by atoms with Gasteiger partial charge in [0.05, 0.1) is 0 Å². The molecule has 1 amide bonds. The Bertz CT molecular complexity index is 546. The number of hydrogen-bond acceptors (Lipinski definition) is 4. The molecule has 1 aromatic rings. The second-order valence-electron chi connectivity index (χ2n) is 5.85. The van der Waals surface area contributed by atoms with Crippen molar-refractivity contribution in [3.8, 4) is 5.75 Å². The van der Waals surface area contributed by atoms with Crippen LogP contribution in [-0.2, 0) is 4.79 Å². The van der Waals surface area contributed by atoms with Gasteiger partial charge in [0.15, 0.2) is 12.4 Å². The van der Waals surface area contributed by atoms with Crippen molar-refractivity contribution in [1.82, 2.24) is 10.2 Å². The van der Waals surface area contributed by atoms with Crippen molar-refractivity contribution in [1.29, 1.82) is 0 Å². The molecule has 21 heavy (non-hydrogen) atoms. The first-order valence-electron chi connectivity index (χ1n) is 7.36. The number of ketones is 1. The van der Waals surface area contributed by atoms with E-state index < -0.39 is 0 Å². The van der Waals surface area contributed by atoms with E-state index in [4.69, 9.17) is 4.74 Å². The van der Waals surface area contributed by atoms with E-state index in [0.717, 1.165) is 26.2 Å². The maximum absolute atomic E-state index is 12.2. The van der Waals surface area contributed by atoms with E-state index in [2.05, 4.69) is 5.32 Å². The van der Waals surface area contributed by atoms with Gasteiger partial charge in [-0.05, 0) is 30.9 Å². The lowest BCUT2D eigenvalue weighted by molar-refractivity contribution is -0.132. The molecule has 3 rings (SSSR count). The maximum atomic E-state index is 12.2. The number of fused-ring (bicyclic) bond motifs is 1. The SMILES string of the molecule is CC(=O)c1cccc(OCC(=O)N2C[C@H]3CNC[C@H]3C2)c1. The first kappa shape index (κ1) is 14.1. The molecule has 2 aliphatic rings. The molecule has 2 aliphatic heterocycles. The maximum Gasteiger partial charge on any atom is 0.260 e. The first-order valence-corrected chi connectivity index (χ1v) is 7.36. The van der Waals surface area contributed by atoms with Crippen LogP contribution >= 0.6 is 0 Å². The number of likely N-dealkylation sites (tertiary alicyclic amines) is 1. The minimum atomic E-state index is -0.00774. The highest BCUT2D eigenvalue weighted by molar-refractivity contribution is 5.94. The van der Waals surface area contributed by atoms with Crippen LogP contribution in [0.25, 0.3) is 0 Å². The quantitative estimate of drug-likeness (QED) is 0.838. The Morgan fingerprint density at radius 2 is 2.00 bits per heavy atom. The Kier molecular flexibility index (Phi) is 3.92. The van der Waals surface area contributed by atoms with Gasteiger partial charge in [-0.15, -0.1) is 0 Å². The molecule has 112 valence electrons. The summed E-state index contributed by atoms with van der Waals surface area (Å²) in [6.07, 6.45) is 0. The molecule has 0 unspecified atom stereocenters. The summed E-state index contributed by atoms with van der Waals surface area (Å²) in [6, 6.07) is 6.95. The second-order valence-corrected chi connectivity index (χ2v) is 5.85. The number of ether oxygens (including phenoxy) is 1. The molecule has 0 aliphatic carbocycles. The standard InChI is InChI=1S/C16H20N2O3/c1-11(19)12-3-2-4-15(5-12)21-10-16(20)18-8-13-6-17-7-14(13)9-18/h2-5,13-14,17H,6-10H2,1H3/t13-,14+. The Hall–Kier alpha value is -1.88. The smallest absolute Gasteiger partial charge is 0.260 e. The summed E-state index contributed by atoms with van der Waals surface area (Å²) in [5.41, 5.74) is 0.599. The van der Waals surface area contributed by atoms with Gasteiger partial charge < -0.3 is 15.0 Å². The third-order valence-electron chi connectivity index (χ3n) is 4.35. The molecule has 5 heteroatoms. The lowest BCUT2D eigenvalue weighted by Gasteiger charge is -2.17. The molecule has 2 atom stereocenters. The molecule has 2 saturated heterocycles. The van der Waals surface area contributed by atoms with Crippen LogP contribution in [0.5, 0.6) is 5.75 Å². The fourth-order valence-electron chi connectivity index (χ4n) is 3.10. The van der Waals surface area contributed by atoms with E-state index in [0.29, 0.717) is 23.1 Å². The summed E-state index contributed by atoms with van der Waals surface area (Å²) in [7, 11) is 0. The van der Waals surface area contributed by atoms with Gasteiger partial charge in [-0.25, -0.2) is 0 Å². The van der Waals surface area contributed by atoms with Crippen molar-refractivity contribution in [2.24, 2.45) is 11.8 Å². The number of carbonyl (C=O) groups excluding carboxylic acids is 2. The van der Waals surface area contributed by atoms with Gasteiger partial charge in [-0.2, -0.15) is 0 Å². The molecule has 1 aromatic carbocycles. The average molecular weight is 288 g/mol. The highest BCUT2D eigenvalue weighted by atomic mass is 16.5. The number of nitrogens with zero attached hydrogens (tertiary/aromatic N) is 1. The molecule has 5 nitrogen and oxygen atoms in total. The van der Waals surface area contributed by atoms with Gasteiger partial charge in [-0.1, -0.05) is 12.1 Å². The third kappa shape index (κ3) is 3.08. The van der Waals surface area contributed by atoms with Gasteiger partial charge in [0.25, 0.3) is 5.91 Å². The normalized spacial score (nSPS) is 24.0. The van der Waals surface area contributed by atoms with Crippen molar-refractivity contribution in [2.75, 3.05) is 32.8 Å².